The van der Waals surface area contributed by atoms with Crippen molar-refractivity contribution in [2.45, 2.75) is 58.5 Å². The van der Waals surface area contributed by atoms with Gasteiger partial charge in [0.2, 0.25) is 5.95 Å². The van der Waals surface area contributed by atoms with Crippen molar-refractivity contribution in [1.82, 2.24) is 9.97 Å². The largest absolute Gasteiger partial charge is 0.353 e. The predicted octanol–water partition coefficient (Wildman–Crippen LogP) is 4.12. The van der Waals surface area contributed by atoms with E-state index in [-0.39, 0.29) is 0 Å². The van der Waals surface area contributed by atoms with Crippen LogP contribution in [0.3, 0.4) is 0 Å². The molecule has 4 nitrogen and oxygen atoms in total. The number of benzene rings is 1. The van der Waals surface area contributed by atoms with Crippen molar-refractivity contribution < 1.29 is 0 Å². The van der Waals surface area contributed by atoms with Gasteiger partial charge in [0.15, 0.2) is 0 Å². The first kappa shape index (κ1) is 16.4. The summed E-state index contributed by atoms with van der Waals surface area (Å²) in [4.78, 5) is 14.6. The van der Waals surface area contributed by atoms with Crippen LogP contribution in [0.25, 0.3) is 0 Å². The van der Waals surface area contributed by atoms with Crippen molar-refractivity contribution in [3.05, 3.63) is 47.2 Å². The second kappa shape index (κ2) is 7.03. The van der Waals surface area contributed by atoms with E-state index in [1.807, 2.05) is 0 Å². The van der Waals surface area contributed by atoms with E-state index in [0.29, 0.717) is 6.04 Å². The normalized spacial score (nSPS) is 20.5. The van der Waals surface area contributed by atoms with Gasteiger partial charge < -0.3 is 9.80 Å². The minimum atomic E-state index is 0.623. The first-order valence-electron chi connectivity index (χ1n) is 9.68. The molecule has 3 heterocycles. The molecule has 2 aliphatic rings. The maximum atomic E-state index is 4.99. The molecule has 0 spiro atoms. The standard InChI is InChI=1S/C21H28N4/c1-3-19-10-6-7-12-25(19)20-14-16(2)22-21(23-20)24-13-11-17-8-4-5-9-18(17)15-24/h4-5,8-9,14,19H,3,6-7,10-13,15H2,1-2H3. The van der Waals surface area contributed by atoms with Crippen LogP contribution >= 0.6 is 0 Å². The van der Waals surface area contributed by atoms with Crippen LogP contribution in [-0.4, -0.2) is 29.1 Å². The van der Waals surface area contributed by atoms with Gasteiger partial charge in [0.05, 0.1) is 0 Å². The lowest BCUT2D eigenvalue weighted by atomic mass is 10.00. The van der Waals surface area contributed by atoms with Gasteiger partial charge in [-0.3, -0.25) is 0 Å². The summed E-state index contributed by atoms with van der Waals surface area (Å²) in [5, 5.41) is 0. The third-order valence-corrected chi connectivity index (χ3v) is 5.64. The molecule has 2 aliphatic heterocycles. The van der Waals surface area contributed by atoms with Crippen molar-refractivity contribution >= 4 is 11.8 Å². The van der Waals surface area contributed by atoms with E-state index in [2.05, 4.69) is 54.0 Å². The molecular weight excluding hydrogens is 308 g/mol. The molecule has 1 saturated heterocycles. The molecule has 0 N–H and O–H groups in total. The number of piperidine rings is 1. The molecule has 0 radical (unpaired) electrons. The van der Waals surface area contributed by atoms with Crippen molar-refractivity contribution in [2.75, 3.05) is 22.9 Å². The van der Waals surface area contributed by atoms with E-state index in [9.17, 15) is 0 Å². The Balaban J connectivity index is 1.62. The zero-order valence-electron chi connectivity index (χ0n) is 15.4. The molecule has 2 aromatic rings. The Morgan fingerprint density at radius 2 is 1.92 bits per heavy atom. The fourth-order valence-electron chi connectivity index (χ4n) is 4.22. The van der Waals surface area contributed by atoms with E-state index in [0.717, 1.165) is 43.5 Å². The molecule has 1 unspecified atom stereocenters. The number of anilines is 2. The fraction of sp³-hybridized carbons (Fsp3) is 0.524. The van der Waals surface area contributed by atoms with Crippen LogP contribution in [0.4, 0.5) is 11.8 Å². The maximum Gasteiger partial charge on any atom is 0.227 e. The summed E-state index contributed by atoms with van der Waals surface area (Å²) in [6.45, 7) is 7.42. The maximum absolute atomic E-state index is 4.99. The highest BCUT2D eigenvalue weighted by Crippen LogP contribution is 2.28. The Morgan fingerprint density at radius 3 is 2.76 bits per heavy atom. The highest BCUT2D eigenvalue weighted by Gasteiger charge is 2.24. The van der Waals surface area contributed by atoms with Gasteiger partial charge in [-0.25, -0.2) is 4.98 Å². The van der Waals surface area contributed by atoms with Crippen LogP contribution in [0.2, 0.25) is 0 Å². The number of hydrogen-bond donors (Lipinski definition) is 0. The Bertz CT molecular complexity index is 742. The lowest BCUT2D eigenvalue weighted by Gasteiger charge is -2.37. The van der Waals surface area contributed by atoms with Crippen molar-refractivity contribution in [3.63, 3.8) is 0 Å². The van der Waals surface area contributed by atoms with Crippen LogP contribution in [0, 0.1) is 6.92 Å². The molecule has 1 aromatic heterocycles. The molecular formula is C21H28N4. The lowest BCUT2D eigenvalue weighted by Crippen LogP contribution is -2.40. The van der Waals surface area contributed by atoms with E-state index in [1.165, 1.54) is 36.8 Å². The lowest BCUT2D eigenvalue weighted by molar-refractivity contribution is 0.446. The summed E-state index contributed by atoms with van der Waals surface area (Å²) in [6.07, 6.45) is 6.16. The Labute approximate surface area is 150 Å². The van der Waals surface area contributed by atoms with E-state index in [1.54, 1.807) is 0 Å². The van der Waals surface area contributed by atoms with Crippen molar-refractivity contribution in [2.24, 2.45) is 0 Å². The minimum Gasteiger partial charge on any atom is -0.353 e. The average molecular weight is 336 g/mol. The van der Waals surface area contributed by atoms with Crippen LogP contribution in [0.1, 0.15) is 49.4 Å². The Kier molecular flexibility index (Phi) is 4.60. The van der Waals surface area contributed by atoms with Gasteiger partial charge in [0.1, 0.15) is 5.82 Å². The van der Waals surface area contributed by atoms with Gasteiger partial charge in [-0.2, -0.15) is 4.98 Å². The monoisotopic (exact) mass is 336 g/mol. The van der Waals surface area contributed by atoms with Crippen LogP contribution in [-0.2, 0) is 13.0 Å². The topological polar surface area (TPSA) is 32.3 Å². The van der Waals surface area contributed by atoms with Gasteiger partial charge in [-0.1, -0.05) is 31.2 Å². The minimum absolute atomic E-state index is 0.623. The molecule has 25 heavy (non-hydrogen) atoms. The average Bonchev–Trinajstić information content (AvgIpc) is 2.67. The summed E-state index contributed by atoms with van der Waals surface area (Å²) in [5.41, 5.74) is 3.94. The van der Waals surface area contributed by atoms with Crippen LogP contribution < -0.4 is 9.80 Å². The summed E-state index contributed by atoms with van der Waals surface area (Å²) < 4.78 is 0. The second-order valence-corrected chi connectivity index (χ2v) is 7.36. The molecule has 4 heteroatoms. The number of rotatable bonds is 3. The zero-order chi connectivity index (χ0) is 17.2. The van der Waals surface area contributed by atoms with Gasteiger partial charge in [-0.15, -0.1) is 0 Å². The molecule has 1 fully saturated rings. The third kappa shape index (κ3) is 3.35. The molecule has 4 rings (SSSR count). The van der Waals surface area contributed by atoms with E-state index < -0.39 is 0 Å². The first-order chi connectivity index (χ1) is 12.2. The third-order valence-electron chi connectivity index (χ3n) is 5.64. The SMILES string of the molecule is CCC1CCCCN1c1cc(C)nc(N2CCc3ccccc3C2)n1. The highest BCUT2D eigenvalue weighted by atomic mass is 15.3. The van der Waals surface area contributed by atoms with Crippen molar-refractivity contribution in [3.8, 4) is 0 Å². The second-order valence-electron chi connectivity index (χ2n) is 7.36. The summed E-state index contributed by atoms with van der Waals surface area (Å²) in [7, 11) is 0. The first-order valence-corrected chi connectivity index (χ1v) is 9.68. The molecule has 0 bridgehead atoms. The zero-order valence-corrected chi connectivity index (χ0v) is 15.4. The quantitative estimate of drug-likeness (QED) is 0.844. The van der Waals surface area contributed by atoms with Crippen molar-refractivity contribution in [1.29, 1.82) is 0 Å². The highest BCUT2D eigenvalue weighted by molar-refractivity contribution is 5.48. The van der Waals surface area contributed by atoms with Crippen LogP contribution in [0.15, 0.2) is 30.3 Å². The molecule has 0 amide bonds. The Morgan fingerprint density at radius 1 is 1.08 bits per heavy atom. The Hall–Kier alpha value is -2.10. The molecule has 1 aromatic carbocycles. The smallest absolute Gasteiger partial charge is 0.227 e. The van der Waals surface area contributed by atoms with Gasteiger partial charge in [0, 0.05) is 37.4 Å². The summed E-state index contributed by atoms with van der Waals surface area (Å²) in [6, 6.07) is 11.5. The molecule has 1 atom stereocenters. The van der Waals surface area contributed by atoms with E-state index >= 15 is 0 Å². The van der Waals surface area contributed by atoms with Crippen LogP contribution in [0.5, 0.6) is 0 Å². The number of nitrogens with zero attached hydrogens (tertiary/aromatic N) is 4. The molecule has 0 saturated carbocycles. The molecule has 0 aliphatic carbocycles. The molecule has 132 valence electrons. The number of fused-ring (bicyclic) bond motifs is 1. The summed E-state index contributed by atoms with van der Waals surface area (Å²) in [5.74, 6) is 2.01. The van der Waals surface area contributed by atoms with Gasteiger partial charge in [-0.05, 0) is 50.2 Å². The number of aryl methyl sites for hydroxylation is 1. The summed E-state index contributed by atoms with van der Waals surface area (Å²) >= 11 is 0. The number of hydrogen-bond acceptors (Lipinski definition) is 4. The van der Waals surface area contributed by atoms with E-state index in [4.69, 9.17) is 9.97 Å². The fourth-order valence-corrected chi connectivity index (χ4v) is 4.22. The van der Waals surface area contributed by atoms with Gasteiger partial charge >= 0.3 is 0 Å². The number of aromatic nitrogens is 2. The van der Waals surface area contributed by atoms with Gasteiger partial charge in [0.25, 0.3) is 0 Å². The predicted molar refractivity (Wildman–Crippen MR) is 103 cm³/mol.